The van der Waals surface area contributed by atoms with E-state index in [9.17, 15) is 8.42 Å². The fourth-order valence-electron chi connectivity index (χ4n) is 4.03. The lowest BCUT2D eigenvalue weighted by atomic mass is 10.1. The number of hydrogen-bond donors (Lipinski definition) is 1. The molecule has 0 amide bonds. The average molecular weight is 500 g/mol. The van der Waals surface area contributed by atoms with Gasteiger partial charge in [-0.2, -0.15) is 5.10 Å². The molecule has 190 valence electrons. The molecule has 1 heterocycles. The molecule has 0 spiro atoms. The summed E-state index contributed by atoms with van der Waals surface area (Å²) in [6, 6.07) is 17.1. The van der Waals surface area contributed by atoms with Crippen molar-refractivity contribution < 1.29 is 13.2 Å². The summed E-state index contributed by atoms with van der Waals surface area (Å²) in [5.74, 6) is 1.98. The van der Waals surface area contributed by atoms with Crippen LogP contribution in [0.5, 0.6) is 5.75 Å². The summed E-state index contributed by atoms with van der Waals surface area (Å²) in [6.45, 7) is 6.75. The molecule has 0 aliphatic rings. The standard InChI is InChI=1S/C26H37N5O3S/c1-5-31(6-2)19-10-20-35(32,33)29-24(18-13-21-11-8-7-9-12-21)25-27-26(30(3)28-25)22-14-16-23(34-4)17-15-22/h7-9,11-12,14-17,24,29H,5-6,10,13,18-20H2,1-4H3/t24-/m1/s1. The molecule has 0 fully saturated rings. The number of rotatable bonds is 14. The molecule has 35 heavy (non-hydrogen) atoms. The number of hydrogen-bond acceptors (Lipinski definition) is 6. The zero-order valence-electron chi connectivity index (χ0n) is 21.1. The highest BCUT2D eigenvalue weighted by molar-refractivity contribution is 7.89. The Morgan fingerprint density at radius 3 is 2.37 bits per heavy atom. The van der Waals surface area contributed by atoms with Gasteiger partial charge in [0.25, 0.3) is 0 Å². The lowest BCUT2D eigenvalue weighted by molar-refractivity contribution is 0.304. The molecular weight excluding hydrogens is 462 g/mol. The molecule has 9 heteroatoms. The van der Waals surface area contributed by atoms with Crippen molar-refractivity contribution in [2.24, 2.45) is 7.05 Å². The summed E-state index contributed by atoms with van der Waals surface area (Å²) in [7, 11) is -0.0569. The Bertz CT molecular complexity index is 1140. The van der Waals surface area contributed by atoms with E-state index in [4.69, 9.17) is 9.72 Å². The van der Waals surface area contributed by atoms with Gasteiger partial charge >= 0.3 is 0 Å². The third-order valence-electron chi connectivity index (χ3n) is 6.11. The second-order valence-corrected chi connectivity index (χ2v) is 10.4. The van der Waals surface area contributed by atoms with Gasteiger partial charge in [-0.25, -0.2) is 22.8 Å². The zero-order valence-corrected chi connectivity index (χ0v) is 22.0. The Kier molecular flexibility index (Phi) is 9.83. The highest BCUT2D eigenvalue weighted by Crippen LogP contribution is 2.24. The summed E-state index contributed by atoms with van der Waals surface area (Å²) in [6.07, 6.45) is 1.85. The van der Waals surface area contributed by atoms with Gasteiger partial charge in [0.2, 0.25) is 10.0 Å². The van der Waals surface area contributed by atoms with E-state index in [0.29, 0.717) is 30.9 Å². The van der Waals surface area contributed by atoms with Gasteiger partial charge in [-0.15, -0.1) is 0 Å². The van der Waals surface area contributed by atoms with Crippen LogP contribution in [0.15, 0.2) is 54.6 Å². The summed E-state index contributed by atoms with van der Waals surface area (Å²) >= 11 is 0. The molecule has 0 bridgehead atoms. The van der Waals surface area contributed by atoms with E-state index in [1.165, 1.54) is 0 Å². The topological polar surface area (TPSA) is 89.4 Å². The molecule has 8 nitrogen and oxygen atoms in total. The number of aromatic nitrogens is 3. The molecule has 3 rings (SSSR count). The monoisotopic (exact) mass is 499 g/mol. The van der Waals surface area contributed by atoms with Crippen LogP contribution in [-0.2, 0) is 23.5 Å². The number of nitrogens with zero attached hydrogens (tertiary/aromatic N) is 4. The van der Waals surface area contributed by atoms with Gasteiger partial charge in [0.15, 0.2) is 11.6 Å². The SMILES string of the molecule is CCN(CC)CCCS(=O)(=O)N[C@H](CCc1ccccc1)c1nc(-c2ccc(OC)cc2)n(C)n1. The summed E-state index contributed by atoms with van der Waals surface area (Å²) in [4.78, 5) is 6.97. The number of benzene rings is 2. The first-order valence-electron chi connectivity index (χ1n) is 12.2. The Balaban J connectivity index is 1.80. The lowest BCUT2D eigenvalue weighted by Gasteiger charge is -2.19. The molecule has 0 aliphatic carbocycles. The third-order valence-corrected chi connectivity index (χ3v) is 7.58. The maximum atomic E-state index is 13.0. The summed E-state index contributed by atoms with van der Waals surface area (Å²) in [5.41, 5.74) is 2.03. The predicted molar refractivity (Wildman–Crippen MR) is 140 cm³/mol. The van der Waals surface area contributed by atoms with Crippen molar-refractivity contribution in [1.29, 1.82) is 0 Å². The Hall–Kier alpha value is -2.75. The van der Waals surface area contributed by atoms with Gasteiger partial charge in [0, 0.05) is 12.6 Å². The highest BCUT2D eigenvalue weighted by atomic mass is 32.2. The molecule has 1 aromatic heterocycles. The van der Waals surface area contributed by atoms with E-state index in [2.05, 4.69) is 28.6 Å². The van der Waals surface area contributed by atoms with Crippen LogP contribution in [0.4, 0.5) is 0 Å². The van der Waals surface area contributed by atoms with Crippen LogP contribution in [-0.4, -0.2) is 60.6 Å². The second kappa shape index (κ2) is 12.8. The van der Waals surface area contributed by atoms with Crippen LogP contribution < -0.4 is 9.46 Å². The lowest BCUT2D eigenvalue weighted by Crippen LogP contribution is -2.33. The first-order valence-corrected chi connectivity index (χ1v) is 13.8. The van der Waals surface area contributed by atoms with Crippen molar-refractivity contribution >= 4 is 10.0 Å². The van der Waals surface area contributed by atoms with Crippen molar-refractivity contribution in [1.82, 2.24) is 24.4 Å². The van der Waals surface area contributed by atoms with Crippen LogP contribution >= 0.6 is 0 Å². The van der Waals surface area contributed by atoms with Crippen LogP contribution in [0.3, 0.4) is 0 Å². The predicted octanol–water partition coefficient (Wildman–Crippen LogP) is 3.82. The van der Waals surface area contributed by atoms with Crippen molar-refractivity contribution in [3.8, 4) is 17.1 Å². The molecule has 0 aliphatic heterocycles. The number of methoxy groups -OCH3 is 1. The minimum absolute atomic E-state index is 0.0729. The number of sulfonamides is 1. The van der Waals surface area contributed by atoms with E-state index in [0.717, 1.165) is 36.5 Å². The number of aryl methyl sites for hydroxylation is 2. The molecule has 1 atom stereocenters. The van der Waals surface area contributed by atoms with E-state index >= 15 is 0 Å². The minimum Gasteiger partial charge on any atom is -0.497 e. The van der Waals surface area contributed by atoms with Gasteiger partial charge in [0.1, 0.15) is 5.75 Å². The van der Waals surface area contributed by atoms with Crippen LogP contribution in [0.1, 0.15) is 44.1 Å². The van der Waals surface area contributed by atoms with Gasteiger partial charge in [0.05, 0.1) is 18.9 Å². The molecule has 0 saturated heterocycles. The maximum absolute atomic E-state index is 13.0. The van der Waals surface area contributed by atoms with Crippen molar-refractivity contribution in [3.05, 3.63) is 66.0 Å². The average Bonchev–Trinajstić information content (AvgIpc) is 3.26. The van der Waals surface area contributed by atoms with Gasteiger partial charge in [-0.3, -0.25) is 0 Å². The van der Waals surface area contributed by atoms with Crippen LogP contribution in [0.2, 0.25) is 0 Å². The van der Waals surface area contributed by atoms with Gasteiger partial charge < -0.3 is 9.64 Å². The highest BCUT2D eigenvalue weighted by Gasteiger charge is 2.24. The zero-order chi connectivity index (χ0) is 25.3. The fraction of sp³-hybridized carbons (Fsp3) is 0.462. The van der Waals surface area contributed by atoms with E-state index in [-0.39, 0.29) is 5.75 Å². The summed E-state index contributed by atoms with van der Waals surface area (Å²) in [5, 5.41) is 4.60. The second-order valence-electron chi connectivity index (χ2n) is 8.54. The smallest absolute Gasteiger partial charge is 0.212 e. The van der Waals surface area contributed by atoms with Crippen molar-refractivity contribution in [3.63, 3.8) is 0 Å². The number of nitrogens with one attached hydrogen (secondary N) is 1. The summed E-state index contributed by atoms with van der Waals surface area (Å²) < 4.78 is 35.9. The molecule has 0 saturated carbocycles. The van der Waals surface area contributed by atoms with Crippen molar-refractivity contribution in [2.45, 2.75) is 39.2 Å². The van der Waals surface area contributed by atoms with Gasteiger partial charge in [-0.05, 0) is 68.7 Å². The fourth-order valence-corrected chi connectivity index (χ4v) is 5.32. The first-order chi connectivity index (χ1) is 16.8. The van der Waals surface area contributed by atoms with E-state index in [1.807, 2.05) is 61.6 Å². The Labute approximate surface area is 209 Å². The first kappa shape index (κ1) is 26.8. The van der Waals surface area contributed by atoms with Crippen molar-refractivity contribution in [2.75, 3.05) is 32.5 Å². The molecule has 1 N–H and O–H groups in total. The Morgan fingerprint density at radius 2 is 1.74 bits per heavy atom. The van der Waals surface area contributed by atoms with Crippen LogP contribution in [0.25, 0.3) is 11.4 Å². The quantitative estimate of drug-likeness (QED) is 0.363. The van der Waals surface area contributed by atoms with E-state index in [1.54, 1.807) is 11.8 Å². The molecule has 2 aromatic carbocycles. The minimum atomic E-state index is -3.51. The van der Waals surface area contributed by atoms with Gasteiger partial charge in [-0.1, -0.05) is 44.2 Å². The Morgan fingerprint density at radius 1 is 1.06 bits per heavy atom. The molecule has 3 aromatic rings. The normalized spacial score (nSPS) is 12.7. The number of ether oxygens (including phenoxy) is 1. The molecule has 0 radical (unpaired) electrons. The molecule has 0 unspecified atom stereocenters. The van der Waals surface area contributed by atoms with E-state index < -0.39 is 16.1 Å². The molecular formula is C26H37N5O3S. The van der Waals surface area contributed by atoms with Crippen LogP contribution in [0, 0.1) is 0 Å². The maximum Gasteiger partial charge on any atom is 0.212 e. The largest absolute Gasteiger partial charge is 0.497 e. The third kappa shape index (κ3) is 7.88.